The number of nitrogens with two attached hydrogens (primary N) is 1. The molecule has 0 aliphatic carbocycles. The third kappa shape index (κ3) is 13.8. The Balaban J connectivity index is 5.67. The predicted octanol–water partition coefficient (Wildman–Crippen LogP) is -3.49. The Bertz CT molecular complexity index is 989. The van der Waals surface area contributed by atoms with Crippen molar-refractivity contribution < 1.29 is 43.8 Å². The molecule has 0 aromatic carbocycles. The minimum absolute atomic E-state index is 0.140. The zero-order chi connectivity index (χ0) is 33.3. The summed E-state index contributed by atoms with van der Waals surface area (Å²) in [6.07, 6.45) is 0.877. The molecule has 0 heterocycles. The molecule has 0 saturated heterocycles. The van der Waals surface area contributed by atoms with E-state index in [0.29, 0.717) is 12.8 Å². The van der Waals surface area contributed by atoms with Gasteiger partial charge in [0.1, 0.15) is 30.2 Å². The molecule has 0 aromatic heterocycles. The Hall–Kier alpha value is -3.09. The highest BCUT2D eigenvalue weighted by Gasteiger charge is 2.35. The minimum Gasteiger partial charge on any atom is -0.480 e. The molecule has 0 rings (SSSR count). The number of carbonyl (C=O) groups excluding carboxylic acids is 6. The molecule has 0 aliphatic heterocycles. The Morgan fingerprint density at radius 3 is 1.51 bits per heavy atom. The average Bonchev–Trinajstić information content (AvgIpc) is 2.99. The van der Waals surface area contributed by atoms with E-state index in [1.54, 1.807) is 27.7 Å². The fourth-order valence-electron chi connectivity index (χ4n) is 3.50. The lowest BCUT2D eigenvalue weighted by molar-refractivity contribution is -0.143. The Labute approximate surface area is 261 Å². The zero-order valence-electron chi connectivity index (χ0n) is 24.7. The van der Waals surface area contributed by atoms with E-state index < -0.39 is 96.6 Å². The molecule has 7 atom stereocenters. The van der Waals surface area contributed by atoms with E-state index in [2.05, 4.69) is 57.2 Å². The molecule has 10 N–H and O–H groups in total. The molecule has 0 fully saturated rings. The van der Waals surface area contributed by atoms with Crippen molar-refractivity contribution >= 4 is 66.7 Å². The molecule has 6 amide bonds. The summed E-state index contributed by atoms with van der Waals surface area (Å²) in [4.78, 5) is 86.8. The van der Waals surface area contributed by atoms with E-state index in [1.165, 1.54) is 0 Å². The van der Waals surface area contributed by atoms with Crippen LogP contribution in [0.15, 0.2) is 0 Å². The number of rotatable bonds is 20. The van der Waals surface area contributed by atoms with Crippen molar-refractivity contribution in [1.82, 2.24) is 31.9 Å². The molecule has 7 unspecified atom stereocenters. The number of carbonyl (C=O) groups is 7. The normalized spacial score (nSPS) is 15.7. The summed E-state index contributed by atoms with van der Waals surface area (Å²) in [5.41, 5.74) is 5.17. The van der Waals surface area contributed by atoms with Gasteiger partial charge in [-0.25, -0.2) is 4.79 Å². The van der Waals surface area contributed by atoms with Crippen LogP contribution in [-0.2, 0) is 33.6 Å². The maximum absolute atomic E-state index is 13.4. The van der Waals surface area contributed by atoms with Crippen LogP contribution < -0.4 is 37.6 Å². The van der Waals surface area contributed by atoms with Crippen LogP contribution in [0.2, 0.25) is 0 Å². The van der Waals surface area contributed by atoms with E-state index in [1.807, 2.05) is 0 Å². The number of carboxylic acids is 1. The maximum Gasteiger partial charge on any atom is 0.328 e. The molecule has 246 valence electrons. The molecule has 18 heteroatoms. The number of nitrogens with one attached hydrogen (secondary N) is 6. The van der Waals surface area contributed by atoms with Gasteiger partial charge in [-0.3, -0.25) is 28.8 Å². The van der Waals surface area contributed by atoms with Crippen molar-refractivity contribution in [3.05, 3.63) is 0 Å². The highest BCUT2D eigenvalue weighted by atomic mass is 32.1. The number of carboxylic acid groups (broad SMARTS) is 1. The molecule has 16 nitrogen and oxygen atoms in total. The fourth-order valence-corrected chi connectivity index (χ4v) is 4.02. The van der Waals surface area contributed by atoms with Crippen LogP contribution in [-0.4, -0.2) is 113 Å². The van der Waals surface area contributed by atoms with Crippen molar-refractivity contribution in [2.45, 2.75) is 70.7 Å². The fraction of sp³-hybridized carbons (Fsp3) is 0.720. The van der Waals surface area contributed by atoms with E-state index in [0.717, 1.165) is 0 Å². The predicted molar refractivity (Wildman–Crippen MR) is 163 cm³/mol. The number of aliphatic carboxylic acids is 1. The summed E-state index contributed by atoms with van der Waals surface area (Å²) in [5.74, 6) is -6.97. The van der Waals surface area contributed by atoms with Crippen LogP contribution in [0.25, 0.3) is 0 Å². The zero-order valence-corrected chi connectivity index (χ0v) is 26.5. The van der Waals surface area contributed by atoms with E-state index in [4.69, 9.17) is 10.8 Å². The molecule has 0 bridgehead atoms. The second-order valence-electron chi connectivity index (χ2n) is 9.85. The molecule has 43 heavy (non-hydrogen) atoms. The SMILES string of the molecule is CCC(C)C(NC(=O)C(CS)NC(=O)C(CS)NC(=O)CNC(=O)CN)C(=O)NC(C(=O)NC(CO)C(=O)O)C(C)CC. The standard InChI is InChI=1S/C25H45N7O9S2/c1-5-12(3)19(23(38)29-14(9-33)25(40)41)32-24(39)20(13(4)6-2)31-22(37)16(11-43)30-21(36)15(10-42)28-18(35)8-27-17(34)7-26/h12-16,19-20,33,42-43H,5-11,26H2,1-4H3,(H,27,34)(H,28,35)(H,29,38)(H,30,36)(H,31,37)(H,32,39)(H,40,41). The van der Waals surface area contributed by atoms with Crippen molar-refractivity contribution in [2.24, 2.45) is 17.6 Å². The first kappa shape index (κ1) is 39.9. The smallest absolute Gasteiger partial charge is 0.328 e. The van der Waals surface area contributed by atoms with Crippen molar-refractivity contribution in [1.29, 1.82) is 0 Å². The Kier molecular flexibility index (Phi) is 19.3. The second kappa shape index (κ2) is 20.8. The van der Waals surface area contributed by atoms with Crippen molar-refractivity contribution in [3.63, 3.8) is 0 Å². The van der Waals surface area contributed by atoms with Crippen molar-refractivity contribution in [2.75, 3.05) is 31.2 Å². The summed E-state index contributed by atoms with van der Waals surface area (Å²) in [6.45, 7) is 5.31. The molecular formula is C25H45N7O9S2. The maximum atomic E-state index is 13.4. The van der Waals surface area contributed by atoms with E-state index >= 15 is 0 Å². The number of aliphatic hydroxyl groups excluding tert-OH is 1. The highest BCUT2D eigenvalue weighted by Crippen LogP contribution is 2.13. The van der Waals surface area contributed by atoms with Gasteiger partial charge in [0.05, 0.1) is 19.7 Å². The first-order chi connectivity index (χ1) is 20.2. The summed E-state index contributed by atoms with van der Waals surface area (Å²) in [7, 11) is 0. The summed E-state index contributed by atoms with van der Waals surface area (Å²) in [6, 6.07) is -6.31. The van der Waals surface area contributed by atoms with Gasteiger partial charge in [-0.15, -0.1) is 0 Å². The number of aliphatic hydroxyl groups is 1. The van der Waals surface area contributed by atoms with Gasteiger partial charge >= 0.3 is 5.97 Å². The molecular weight excluding hydrogens is 606 g/mol. The second-order valence-corrected chi connectivity index (χ2v) is 10.6. The molecule has 0 saturated carbocycles. The van der Waals surface area contributed by atoms with E-state index in [-0.39, 0.29) is 18.1 Å². The van der Waals surface area contributed by atoms with Gasteiger partial charge in [0, 0.05) is 11.5 Å². The van der Waals surface area contributed by atoms with Gasteiger partial charge in [-0.1, -0.05) is 40.5 Å². The first-order valence-corrected chi connectivity index (χ1v) is 15.0. The summed E-state index contributed by atoms with van der Waals surface area (Å²) >= 11 is 8.19. The lowest BCUT2D eigenvalue weighted by Gasteiger charge is -2.30. The molecule has 0 aliphatic rings. The number of thiol groups is 2. The minimum atomic E-state index is -1.57. The Morgan fingerprint density at radius 2 is 1.09 bits per heavy atom. The van der Waals surface area contributed by atoms with Crippen LogP contribution >= 0.6 is 25.3 Å². The Morgan fingerprint density at radius 1 is 0.674 bits per heavy atom. The van der Waals surface area contributed by atoms with Gasteiger partial charge < -0.3 is 47.8 Å². The average molecular weight is 652 g/mol. The van der Waals surface area contributed by atoms with Crippen LogP contribution in [0.5, 0.6) is 0 Å². The third-order valence-electron chi connectivity index (χ3n) is 6.66. The van der Waals surface area contributed by atoms with Crippen LogP contribution in [0, 0.1) is 11.8 Å². The molecule has 0 spiro atoms. The van der Waals surface area contributed by atoms with E-state index in [9.17, 15) is 38.7 Å². The quantitative estimate of drug-likeness (QED) is 0.0579. The molecule has 0 radical (unpaired) electrons. The van der Waals surface area contributed by atoms with Crippen LogP contribution in [0.3, 0.4) is 0 Å². The van der Waals surface area contributed by atoms with Gasteiger partial charge in [0.25, 0.3) is 0 Å². The van der Waals surface area contributed by atoms with Gasteiger partial charge in [-0.05, 0) is 11.8 Å². The van der Waals surface area contributed by atoms with Gasteiger partial charge in [-0.2, -0.15) is 25.3 Å². The lowest BCUT2D eigenvalue weighted by atomic mass is 9.94. The van der Waals surface area contributed by atoms with Gasteiger partial charge in [0.2, 0.25) is 35.4 Å². The topological polar surface area (TPSA) is 258 Å². The van der Waals surface area contributed by atoms with Crippen LogP contribution in [0.1, 0.15) is 40.5 Å². The third-order valence-corrected chi connectivity index (χ3v) is 7.40. The largest absolute Gasteiger partial charge is 0.480 e. The highest BCUT2D eigenvalue weighted by molar-refractivity contribution is 7.80. The lowest BCUT2D eigenvalue weighted by Crippen LogP contribution is -2.61. The summed E-state index contributed by atoms with van der Waals surface area (Å²) in [5, 5.41) is 32.9. The number of amides is 6. The summed E-state index contributed by atoms with van der Waals surface area (Å²) < 4.78 is 0. The van der Waals surface area contributed by atoms with Crippen molar-refractivity contribution in [3.8, 4) is 0 Å². The number of hydrogen-bond acceptors (Lipinski definition) is 11. The number of hydrogen-bond donors (Lipinski definition) is 11. The monoisotopic (exact) mass is 651 g/mol. The molecule has 0 aromatic rings. The first-order valence-electron chi connectivity index (χ1n) is 13.7. The van der Waals surface area contributed by atoms with Gasteiger partial charge in [0.15, 0.2) is 0 Å². The van der Waals surface area contributed by atoms with Crippen LogP contribution in [0.4, 0.5) is 0 Å².